The molecule has 0 aliphatic heterocycles. The van der Waals surface area contributed by atoms with Gasteiger partial charge in [-0.25, -0.2) is 4.99 Å². The van der Waals surface area contributed by atoms with Crippen LogP contribution in [0, 0.1) is 19.8 Å². The first-order chi connectivity index (χ1) is 11.0. The smallest absolute Gasteiger partial charge is 0.190 e. The van der Waals surface area contributed by atoms with Crippen molar-refractivity contribution in [2.24, 2.45) is 10.9 Å². The van der Waals surface area contributed by atoms with Crippen LogP contribution in [-0.4, -0.2) is 4.57 Å². The predicted octanol–water partition coefficient (Wildman–Crippen LogP) is 5.31. The second-order valence-electron chi connectivity index (χ2n) is 6.29. The van der Waals surface area contributed by atoms with Crippen LogP contribution in [0.1, 0.15) is 25.0 Å². The number of aryl methyl sites for hydroxylation is 2. The lowest BCUT2D eigenvalue weighted by molar-refractivity contribution is 0.507. The first-order valence-corrected chi connectivity index (χ1v) is 8.76. The van der Waals surface area contributed by atoms with E-state index in [9.17, 15) is 0 Å². The lowest BCUT2D eigenvalue weighted by atomic mass is 10.1. The van der Waals surface area contributed by atoms with E-state index in [1.54, 1.807) is 17.6 Å². The molecule has 0 radical (unpaired) electrons. The van der Waals surface area contributed by atoms with E-state index in [-0.39, 0.29) is 0 Å². The van der Waals surface area contributed by atoms with Crippen LogP contribution in [0.3, 0.4) is 0 Å². The fourth-order valence-corrected chi connectivity index (χ4v) is 3.44. The largest absolute Gasteiger partial charge is 0.463 e. The van der Waals surface area contributed by atoms with Crippen LogP contribution >= 0.6 is 11.3 Å². The second kappa shape index (κ2) is 6.59. The SMILES string of the molecule is Cc1ccc(C)c(N=c2scc(-c3ccco3)n2CC(C)C)c1. The molecule has 0 saturated heterocycles. The molecule has 0 fully saturated rings. The minimum atomic E-state index is 0.538. The zero-order chi connectivity index (χ0) is 16.4. The van der Waals surface area contributed by atoms with Crippen molar-refractivity contribution in [3.05, 3.63) is 57.9 Å². The number of thiazole rings is 1. The second-order valence-corrected chi connectivity index (χ2v) is 7.12. The van der Waals surface area contributed by atoms with Gasteiger partial charge in [0.2, 0.25) is 0 Å². The summed E-state index contributed by atoms with van der Waals surface area (Å²) < 4.78 is 7.85. The molecule has 0 N–H and O–H groups in total. The summed E-state index contributed by atoms with van der Waals surface area (Å²) in [5.74, 6) is 1.43. The number of furan rings is 1. The Kier molecular flexibility index (Phi) is 4.53. The molecule has 120 valence electrons. The molecule has 3 nitrogen and oxygen atoms in total. The summed E-state index contributed by atoms with van der Waals surface area (Å²) in [6.07, 6.45) is 1.72. The van der Waals surface area contributed by atoms with Crippen molar-refractivity contribution in [2.45, 2.75) is 34.2 Å². The number of nitrogens with zero attached hydrogens (tertiary/aromatic N) is 2. The Hall–Kier alpha value is -2.07. The highest BCUT2D eigenvalue weighted by atomic mass is 32.1. The third-order valence-corrected chi connectivity index (χ3v) is 4.56. The Morgan fingerprint density at radius 1 is 1.22 bits per heavy atom. The third kappa shape index (κ3) is 3.48. The lowest BCUT2D eigenvalue weighted by Gasteiger charge is -2.10. The Morgan fingerprint density at radius 3 is 2.74 bits per heavy atom. The van der Waals surface area contributed by atoms with Crippen molar-refractivity contribution in [1.29, 1.82) is 0 Å². The molecule has 0 saturated carbocycles. The van der Waals surface area contributed by atoms with E-state index in [4.69, 9.17) is 9.41 Å². The molecule has 0 atom stereocenters. The maximum absolute atomic E-state index is 5.59. The van der Waals surface area contributed by atoms with Gasteiger partial charge in [0.25, 0.3) is 0 Å². The summed E-state index contributed by atoms with van der Waals surface area (Å²) in [6, 6.07) is 10.3. The highest BCUT2D eigenvalue weighted by molar-refractivity contribution is 7.07. The van der Waals surface area contributed by atoms with Gasteiger partial charge in [-0.15, -0.1) is 11.3 Å². The van der Waals surface area contributed by atoms with Crippen molar-refractivity contribution in [3.8, 4) is 11.5 Å². The van der Waals surface area contributed by atoms with Gasteiger partial charge in [-0.3, -0.25) is 0 Å². The van der Waals surface area contributed by atoms with Gasteiger partial charge in [-0.1, -0.05) is 26.0 Å². The van der Waals surface area contributed by atoms with Crippen molar-refractivity contribution >= 4 is 17.0 Å². The Bertz CT molecular complexity index is 854. The monoisotopic (exact) mass is 326 g/mol. The summed E-state index contributed by atoms with van der Waals surface area (Å²) in [4.78, 5) is 5.94. The summed E-state index contributed by atoms with van der Waals surface area (Å²) in [6.45, 7) is 9.56. The van der Waals surface area contributed by atoms with Crippen molar-refractivity contribution in [2.75, 3.05) is 0 Å². The molecule has 2 heterocycles. The molecule has 0 aliphatic rings. The number of aromatic nitrogens is 1. The topological polar surface area (TPSA) is 30.4 Å². The fourth-order valence-electron chi connectivity index (χ4n) is 2.53. The Labute approximate surface area is 140 Å². The third-order valence-electron chi connectivity index (χ3n) is 3.70. The van der Waals surface area contributed by atoms with Crippen molar-refractivity contribution in [1.82, 2.24) is 4.57 Å². The van der Waals surface area contributed by atoms with E-state index in [1.807, 2.05) is 12.1 Å². The molecule has 0 aliphatic carbocycles. The van der Waals surface area contributed by atoms with Crippen LogP contribution in [0.25, 0.3) is 11.5 Å². The number of hydrogen-bond acceptors (Lipinski definition) is 3. The Morgan fingerprint density at radius 2 is 2.04 bits per heavy atom. The van der Waals surface area contributed by atoms with Gasteiger partial charge in [0, 0.05) is 11.9 Å². The van der Waals surface area contributed by atoms with Crippen LogP contribution in [0.4, 0.5) is 5.69 Å². The highest BCUT2D eigenvalue weighted by Crippen LogP contribution is 2.23. The normalized spacial score (nSPS) is 12.3. The van der Waals surface area contributed by atoms with Crippen molar-refractivity contribution < 1.29 is 4.42 Å². The maximum Gasteiger partial charge on any atom is 0.190 e. The first kappa shape index (κ1) is 15.8. The maximum atomic E-state index is 5.59. The van der Waals surface area contributed by atoms with Crippen LogP contribution in [0.5, 0.6) is 0 Å². The van der Waals surface area contributed by atoms with E-state index < -0.39 is 0 Å². The van der Waals surface area contributed by atoms with Gasteiger partial charge in [0.05, 0.1) is 17.6 Å². The van der Waals surface area contributed by atoms with E-state index in [0.717, 1.165) is 28.5 Å². The molecule has 4 heteroatoms. The summed E-state index contributed by atoms with van der Waals surface area (Å²) in [7, 11) is 0. The Balaban J connectivity index is 2.15. The molecule has 0 amide bonds. The van der Waals surface area contributed by atoms with Gasteiger partial charge in [0.1, 0.15) is 0 Å². The van der Waals surface area contributed by atoms with Crippen molar-refractivity contribution in [3.63, 3.8) is 0 Å². The van der Waals surface area contributed by atoms with Gasteiger partial charge >= 0.3 is 0 Å². The zero-order valence-corrected chi connectivity index (χ0v) is 14.9. The molecule has 3 aromatic rings. The molecule has 0 spiro atoms. The summed E-state index contributed by atoms with van der Waals surface area (Å²) in [5.41, 5.74) is 4.56. The zero-order valence-electron chi connectivity index (χ0n) is 14.0. The van der Waals surface area contributed by atoms with E-state index in [0.29, 0.717) is 5.92 Å². The van der Waals surface area contributed by atoms with Crippen LogP contribution < -0.4 is 4.80 Å². The molecular formula is C19H22N2OS. The molecule has 23 heavy (non-hydrogen) atoms. The molecule has 1 aromatic carbocycles. The predicted molar refractivity (Wildman–Crippen MR) is 96.0 cm³/mol. The van der Waals surface area contributed by atoms with Crippen LogP contribution in [-0.2, 0) is 6.54 Å². The first-order valence-electron chi connectivity index (χ1n) is 7.89. The molecule has 2 aromatic heterocycles. The number of benzene rings is 1. The quantitative estimate of drug-likeness (QED) is 0.638. The lowest BCUT2D eigenvalue weighted by Crippen LogP contribution is -2.18. The number of hydrogen-bond donors (Lipinski definition) is 0. The molecular weight excluding hydrogens is 304 g/mol. The number of rotatable bonds is 4. The van der Waals surface area contributed by atoms with Gasteiger partial charge in [-0.2, -0.15) is 0 Å². The standard InChI is InChI=1S/C19H22N2OS/c1-13(2)11-21-17(18-6-5-9-22-18)12-23-19(21)20-16-10-14(3)7-8-15(16)4/h5-10,12-13H,11H2,1-4H3. The fraction of sp³-hybridized carbons (Fsp3) is 0.316. The minimum absolute atomic E-state index is 0.538. The highest BCUT2D eigenvalue weighted by Gasteiger charge is 2.12. The van der Waals surface area contributed by atoms with E-state index in [1.165, 1.54) is 11.1 Å². The summed E-state index contributed by atoms with van der Waals surface area (Å²) in [5, 5.41) is 2.13. The summed E-state index contributed by atoms with van der Waals surface area (Å²) >= 11 is 1.66. The average molecular weight is 326 g/mol. The average Bonchev–Trinajstić information content (AvgIpc) is 3.13. The molecule has 0 unspecified atom stereocenters. The van der Waals surface area contributed by atoms with Gasteiger partial charge < -0.3 is 8.98 Å². The van der Waals surface area contributed by atoms with Crippen LogP contribution in [0.2, 0.25) is 0 Å². The van der Waals surface area contributed by atoms with Gasteiger partial charge in [-0.05, 0) is 49.1 Å². The minimum Gasteiger partial charge on any atom is -0.463 e. The van der Waals surface area contributed by atoms with Crippen LogP contribution in [0.15, 0.2) is 51.4 Å². The van der Waals surface area contributed by atoms with Gasteiger partial charge in [0.15, 0.2) is 10.6 Å². The molecule has 0 bridgehead atoms. The van der Waals surface area contributed by atoms with E-state index >= 15 is 0 Å². The molecule has 3 rings (SSSR count). The van der Waals surface area contributed by atoms with E-state index in [2.05, 4.69) is 55.8 Å².